The molecule has 0 aliphatic heterocycles. The standard InChI is InChI=1S/C15H16N2O/c1-10-6-7-11(2)14(9-10)17-15(18)13-5-4-8-16-12(13)3/h4-9H,1-3H3,(H,17,18). The molecule has 0 saturated carbocycles. The average Bonchev–Trinajstić information content (AvgIpc) is 2.34. The summed E-state index contributed by atoms with van der Waals surface area (Å²) in [7, 11) is 0. The Morgan fingerprint density at radius 1 is 1.17 bits per heavy atom. The maximum Gasteiger partial charge on any atom is 0.257 e. The molecule has 0 spiro atoms. The van der Waals surface area contributed by atoms with Gasteiger partial charge in [-0.15, -0.1) is 0 Å². The first kappa shape index (κ1) is 12.3. The van der Waals surface area contributed by atoms with Crippen molar-refractivity contribution >= 4 is 11.6 Å². The highest BCUT2D eigenvalue weighted by Crippen LogP contribution is 2.17. The van der Waals surface area contributed by atoms with E-state index in [1.165, 1.54) is 0 Å². The number of carbonyl (C=O) groups is 1. The van der Waals surface area contributed by atoms with Crippen LogP contribution in [0.1, 0.15) is 27.2 Å². The SMILES string of the molecule is Cc1ccc(C)c(NC(=O)c2cccnc2C)c1. The van der Waals surface area contributed by atoms with E-state index in [0.717, 1.165) is 22.5 Å². The molecule has 1 aromatic carbocycles. The van der Waals surface area contributed by atoms with Gasteiger partial charge in [-0.1, -0.05) is 12.1 Å². The Kier molecular flexibility index (Phi) is 3.42. The summed E-state index contributed by atoms with van der Waals surface area (Å²) in [4.78, 5) is 16.3. The van der Waals surface area contributed by atoms with Gasteiger partial charge in [0.05, 0.1) is 5.56 Å². The van der Waals surface area contributed by atoms with Gasteiger partial charge in [-0.3, -0.25) is 9.78 Å². The van der Waals surface area contributed by atoms with Gasteiger partial charge in [0.2, 0.25) is 0 Å². The number of hydrogen-bond donors (Lipinski definition) is 1. The van der Waals surface area contributed by atoms with Gasteiger partial charge in [-0.2, -0.15) is 0 Å². The van der Waals surface area contributed by atoms with Crippen molar-refractivity contribution in [3.05, 3.63) is 58.9 Å². The maximum atomic E-state index is 12.1. The average molecular weight is 240 g/mol. The van der Waals surface area contributed by atoms with Crippen LogP contribution in [-0.2, 0) is 0 Å². The summed E-state index contributed by atoms with van der Waals surface area (Å²) >= 11 is 0. The largest absolute Gasteiger partial charge is 0.322 e. The van der Waals surface area contributed by atoms with E-state index in [1.807, 2.05) is 39.0 Å². The minimum Gasteiger partial charge on any atom is -0.322 e. The second-order valence-electron chi connectivity index (χ2n) is 4.41. The van der Waals surface area contributed by atoms with Gasteiger partial charge >= 0.3 is 0 Å². The number of pyridine rings is 1. The number of rotatable bonds is 2. The molecule has 0 fully saturated rings. The van der Waals surface area contributed by atoms with Gasteiger partial charge in [0.25, 0.3) is 5.91 Å². The Hall–Kier alpha value is -2.16. The molecule has 1 N–H and O–H groups in total. The van der Waals surface area contributed by atoms with Crippen LogP contribution in [0.4, 0.5) is 5.69 Å². The third kappa shape index (κ3) is 2.56. The number of aromatic nitrogens is 1. The zero-order valence-corrected chi connectivity index (χ0v) is 10.8. The van der Waals surface area contributed by atoms with Crippen LogP contribution in [0.2, 0.25) is 0 Å². The first-order valence-electron chi connectivity index (χ1n) is 5.88. The smallest absolute Gasteiger partial charge is 0.257 e. The van der Waals surface area contributed by atoms with Crippen molar-refractivity contribution in [1.82, 2.24) is 4.98 Å². The van der Waals surface area contributed by atoms with Crippen LogP contribution < -0.4 is 5.32 Å². The topological polar surface area (TPSA) is 42.0 Å². The second-order valence-corrected chi connectivity index (χ2v) is 4.41. The van der Waals surface area contributed by atoms with E-state index in [9.17, 15) is 4.79 Å². The lowest BCUT2D eigenvalue weighted by molar-refractivity contribution is 0.102. The molecule has 0 aliphatic carbocycles. The van der Waals surface area contributed by atoms with Crippen LogP contribution in [0.25, 0.3) is 0 Å². The summed E-state index contributed by atoms with van der Waals surface area (Å²) < 4.78 is 0. The monoisotopic (exact) mass is 240 g/mol. The van der Waals surface area contributed by atoms with E-state index in [-0.39, 0.29) is 5.91 Å². The molecule has 0 bridgehead atoms. The minimum atomic E-state index is -0.116. The summed E-state index contributed by atoms with van der Waals surface area (Å²) in [6.07, 6.45) is 1.68. The van der Waals surface area contributed by atoms with Gasteiger partial charge in [-0.25, -0.2) is 0 Å². The fourth-order valence-electron chi connectivity index (χ4n) is 1.78. The molecular weight excluding hydrogens is 224 g/mol. The number of anilines is 1. The third-order valence-corrected chi connectivity index (χ3v) is 2.89. The van der Waals surface area contributed by atoms with Crippen LogP contribution in [0, 0.1) is 20.8 Å². The predicted octanol–water partition coefficient (Wildman–Crippen LogP) is 3.26. The highest BCUT2D eigenvalue weighted by molar-refractivity contribution is 6.05. The predicted molar refractivity (Wildman–Crippen MR) is 72.8 cm³/mol. The molecule has 2 aromatic rings. The lowest BCUT2D eigenvalue weighted by Gasteiger charge is -2.10. The van der Waals surface area contributed by atoms with E-state index >= 15 is 0 Å². The lowest BCUT2D eigenvalue weighted by atomic mass is 10.1. The number of hydrogen-bond acceptors (Lipinski definition) is 2. The van der Waals surface area contributed by atoms with Gasteiger partial charge in [0.15, 0.2) is 0 Å². The molecule has 0 atom stereocenters. The van der Waals surface area contributed by atoms with Crippen LogP contribution >= 0.6 is 0 Å². The number of benzene rings is 1. The Morgan fingerprint density at radius 3 is 2.67 bits per heavy atom. The first-order chi connectivity index (χ1) is 8.58. The van der Waals surface area contributed by atoms with Crippen LogP contribution in [0.3, 0.4) is 0 Å². The number of amides is 1. The van der Waals surface area contributed by atoms with Crippen molar-refractivity contribution in [1.29, 1.82) is 0 Å². The first-order valence-corrected chi connectivity index (χ1v) is 5.88. The van der Waals surface area contributed by atoms with Crippen molar-refractivity contribution in [2.24, 2.45) is 0 Å². The summed E-state index contributed by atoms with van der Waals surface area (Å²) in [5.41, 5.74) is 4.37. The zero-order valence-electron chi connectivity index (χ0n) is 10.8. The highest BCUT2D eigenvalue weighted by atomic mass is 16.1. The summed E-state index contributed by atoms with van der Waals surface area (Å²) in [5.74, 6) is -0.116. The van der Waals surface area contributed by atoms with E-state index in [4.69, 9.17) is 0 Å². The molecule has 0 radical (unpaired) electrons. The summed E-state index contributed by atoms with van der Waals surface area (Å²) in [6.45, 7) is 5.81. The molecule has 1 heterocycles. The van der Waals surface area contributed by atoms with Crippen molar-refractivity contribution in [3.8, 4) is 0 Å². The Balaban J connectivity index is 2.27. The van der Waals surface area contributed by atoms with Crippen LogP contribution in [0.15, 0.2) is 36.5 Å². The quantitative estimate of drug-likeness (QED) is 0.875. The Morgan fingerprint density at radius 2 is 1.94 bits per heavy atom. The van der Waals surface area contributed by atoms with Crippen molar-refractivity contribution in [2.45, 2.75) is 20.8 Å². The van der Waals surface area contributed by atoms with E-state index in [0.29, 0.717) is 5.56 Å². The second kappa shape index (κ2) is 5.00. The molecule has 92 valence electrons. The molecule has 18 heavy (non-hydrogen) atoms. The van der Waals surface area contributed by atoms with Gasteiger partial charge in [-0.05, 0) is 50.1 Å². The molecule has 0 aliphatic rings. The Bertz CT molecular complexity index is 591. The van der Waals surface area contributed by atoms with Gasteiger partial charge in [0, 0.05) is 17.6 Å². The van der Waals surface area contributed by atoms with E-state index in [2.05, 4.69) is 10.3 Å². The maximum absolute atomic E-state index is 12.1. The molecule has 0 saturated heterocycles. The van der Waals surface area contributed by atoms with E-state index in [1.54, 1.807) is 18.3 Å². The molecule has 1 amide bonds. The lowest BCUT2D eigenvalue weighted by Crippen LogP contribution is -2.14. The number of carbonyl (C=O) groups excluding carboxylic acids is 1. The third-order valence-electron chi connectivity index (χ3n) is 2.89. The summed E-state index contributed by atoms with van der Waals surface area (Å²) in [6, 6.07) is 9.55. The number of nitrogens with one attached hydrogen (secondary N) is 1. The van der Waals surface area contributed by atoms with Crippen molar-refractivity contribution < 1.29 is 4.79 Å². The molecule has 0 unspecified atom stereocenters. The fourth-order valence-corrected chi connectivity index (χ4v) is 1.78. The minimum absolute atomic E-state index is 0.116. The Labute approximate surface area is 107 Å². The zero-order chi connectivity index (χ0) is 13.1. The molecule has 3 nitrogen and oxygen atoms in total. The summed E-state index contributed by atoms with van der Waals surface area (Å²) in [5, 5.41) is 2.93. The molecule has 2 rings (SSSR count). The number of aryl methyl sites for hydroxylation is 3. The molecule has 3 heteroatoms. The normalized spacial score (nSPS) is 10.2. The van der Waals surface area contributed by atoms with Crippen LogP contribution in [0.5, 0.6) is 0 Å². The van der Waals surface area contributed by atoms with Crippen molar-refractivity contribution in [3.63, 3.8) is 0 Å². The van der Waals surface area contributed by atoms with Gasteiger partial charge < -0.3 is 5.32 Å². The van der Waals surface area contributed by atoms with Crippen LogP contribution in [-0.4, -0.2) is 10.9 Å². The number of nitrogens with zero attached hydrogens (tertiary/aromatic N) is 1. The van der Waals surface area contributed by atoms with E-state index < -0.39 is 0 Å². The van der Waals surface area contributed by atoms with Gasteiger partial charge in [0.1, 0.15) is 0 Å². The molecule has 1 aromatic heterocycles. The molecular formula is C15H16N2O. The highest BCUT2D eigenvalue weighted by Gasteiger charge is 2.10. The van der Waals surface area contributed by atoms with Crippen molar-refractivity contribution in [2.75, 3.05) is 5.32 Å². The fraction of sp³-hybridized carbons (Fsp3) is 0.200.